The maximum Gasteiger partial charge on any atom is 0.248 e. The van der Waals surface area contributed by atoms with Crippen molar-refractivity contribution in [3.8, 4) is 5.75 Å². The highest BCUT2D eigenvalue weighted by Gasteiger charge is 2.09. The topological polar surface area (TPSA) is 41.6 Å². The molecule has 0 spiro atoms. The molecular weight excluding hydrogens is 348 g/mol. The molecule has 1 saturated heterocycles. The molecular formula is C24H30N2O2. The standard InChI is InChI=1S/C24H30N2O2/c27-24(16-11-21-9-3-1-4-10-21)25-22-12-14-23(15-13-22)28-20-8-2-5-17-26-18-6-7-19-26/h1,3-4,9-16H,2,5-8,17-20H2,(H,25,27). The highest BCUT2D eigenvalue weighted by atomic mass is 16.5. The Balaban J connectivity index is 1.31. The Kier molecular flexibility index (Phi) is 8.13. The summed E-state index contributed by atoms with van der Waals surface area (Å²) in [5.41, 5.74) is 1.77. The van der Waals surface area contributed by atoms with Crippen LogP contribution in [0.3, 0.4) is 0 Å². The van der Waals surface area contributed by atoms with E-state index in [-0.39, 0.29) is 5.91 Å². The van der Waals surface area contributed by atoms with Crippen LogP contribution >= 0.6 is 0 Å². The first-order valence-corrected chi connectivity index (χ1v) is 10.3. The molecule has 3 rings (SSSR count). The van der Waals surface area contributed by atoms with Crippen LogP contribution in [-0.4, -0.2) is 37.0 Å². The summed E-state index contributed by atoms with van der Waals surface area (Å²) in [5.74, 6) is 0.702. The summed E-state index contributed by atoms with van der Waals surface area (Å²) >= 11 is 0. The number of carbonyl (C=O) groups excluding carboxylic acids is 1. The van der Waals surface area contributed by atoms with Gasteiger partial charge in [0, 0.05) is 11.8 Å². The van der Waals surface area contributed by atoms with Gasteiger partial charge in [-0.15, -0.1) is 0 Å². The number of carbonyl (C=O) groups is 1. The lowest BCUT2D eigenvalue weighted by atomic mass is 10.2. The fourth-order valence-corrected chi connectivity index (χ4v) is 3.36. The number of amides is 1. The molecule has 1 fully saturated rings. The molecule has 0 aliphatic carbocycles. The molecule has 0 bridgehead atoms. The molecule has 1 aliphatic heterocycles. The Morgan fingerprint density at radius 1 is 0.964 bits per heavy atom. The van der Waals surface area contributed by atoms with E-state index in [1.807, 2.05) is 54.6 Å². The van der Waals surface area contributed by atoms with Crippen LogP contribution in [0.4, 0.5) is 5.69 Å². The van der Waals surface area contributed by atoms with Crippen LogP contribution in [0.5, 0.6) is 5.75 Å². The molecule has 1 aliphatic rings. The van der Waals surface area contributed by atoms with Crippen LogP contribution in [-0.2, 0) is 4.79 Å². The average Bonchev–Trinajstić information content (AvgIpc) is 3.24. The highest BCUT2D eigenvalue weighted by Crippen LogP contribution is 2.16. The Hall–Kier alpha value is -2.59. The lowest BCUT2D eigenvalue weighted by Gasteiger charge is -2.14. The van der Waals surface area contributed by atoms with Crippen LogP contribution in [0.15, 0.2) is 60.7 Å². The first kappa shape index (κ1) is 20.2. The van der Waals surface area contributed by atoms with Gasteiger partial charge in [0.1, 0.15) is 5.75 Å². The van der Waals surface area contributed by atoms with Gasteiger partial charge < -0.3 is 15.0 Å². The summed E-state index contributed by atoms with van der Waals surface area (Å²) in [4.78, 5) is 14.6. The minimum absolute atomic E-state index is 0.143. The molecule has 2 aromatic rings. The summed E-state index contributed by atoms with van der Waals surface area (Å²) in [6.45, 7) is 4.53. The van der Waals surface area contributed by atoms with E-state index < -0.39 is 0 Å². The van der Waals surface area contributed by atoms with Gasteiger partial charge in [-0.1, -0.05) is 30.3 Å². The zero-order valence-corrected chi connectivity index (χ0v) is 16.5. The zero-order valence-electron chi connectivity index (χ0n) is 16.5. The van der Waals surface area contributed by atoms with Crippen molar-refractivity contribution in [2.75, 3.05) is 31.6 Å². The van der Waals surface area contributed by atoms with Gasteiger partial charge in [-0.25, -0.2) is 0 Å². The quantitative estimate of drug-likeness (QED) is 0.468. The molecule has 4 heteroatoms. The molecule has 1 heterocycles. The van der Waals surface area contributed by atoms with E-state index in [1.54, 1.807) is 12.2 Å². The third-order valence-electron chi connectivity index (χ3n) is 4.93. The van der Waals surface area contributed by atoms with Gasteiger partial charge in [-0.3, -0.25) is 4.79 Å². The van der Waals surface area contributed by atoms with Crippen LogP contribution in [0, 0.1) is 0 Å². The number of nitrogens with zero attached hydrogens (tertiary/aromatic N) is 1. The molecule has 4 nitrogen and oxygen atoms in total. The van der Waals surface area contributed by atoms with Gasteiger partial charge in [-0.05, 0) is 87.6 Å². The second-order valence-corrected chi connectivity index (χ2v) is 7.22. The number of ether oxygens (including phenoxy) is 1. The number of unbranched alkanes of at least 4 members (excludes halogenated alkanes) is 2. The molecule has 2 aromatic carbocycles. The molecule has 0 atom stereocenters. The SMILES string of the molecule is O=C(C=Cc1ccccc1)Nc1ccc(OCCCCCN2CCCC2)cc1. The lowest BCUT2D eigenvalue weighted by molar-refractivity contribution is -0.111. The third kappa shape index (κ3) is 7.20. The van der Waals surface area contributed by atoms with Crippen molar-refractivity contribution in [1.29, 1.82) is 0 Å². The first-order chi connectivity index (χ1) is 13.8. The van der Waals surface area contributed by atoms with E-state index >= 15 is 0 Å². The van der Waals surface area contributed by atoms with Crippen LogP contribution in [0.25, 0.3) is 6.08 Å². The maximum atomic E-state index is 12.0. The number of hydrogen-bond acceptors (Lipinski definition) is 3. The summed E-state index contributed by atoms with van der Waals surface area (Å²) in [6, 6.07) is 17.3. The van der Waals surface area contributed by atoms with E-state index in [0.29, 0.717) is 0 Å². The smallest absolute Gasteiger partial charge is 0.248 e. The van der Waals surface area contributed by atoms with Gasteiger partial charge in [0.05, 0.1) is 6.61 Å². The first-order valence-electron chi connectivity index (χ1n) is 10.3. The Morgan fingerprint density at radius 3 is 2.46 bits per heavy atom. The molecule has 148 valence electrons. The molecule has 0 aromatic heterocycles. The molecule has 28 heavy (non-hydrogen) atoms. The Morgan fingerprint density at radius 2 is 1.71 bits per heavy atom. The Bertz CT molecular complexity index is 735. The van der Waals surface area contributed by atoms with E-state index in [9.17, 15) is 4.79 Å². The summed E-state index contributed by atoms with van der Waals surface area (Å²) < 4.78 is 5.80. The molecule has 0 saturated carbocycles. The molecule has 0 unspecified atom stereocenters. The van der Waals surface area contributed by atoms with E-state index in [2.05, 4.69) is 10.2 Å². The summed E-state index contributed by atoms with van der Waals surface area (Å²) in [7, 11) is 0. The van der Waals surface area contributed by atoms with Crippen molar-refractivity contribution in [3.05, 3.63) is 66.2 Å². The van der Waals surface area contributed by atoms with Crippen LogP contribution in [0.2, 0.25) is 0 Å². The number of rotatable bonds is 10. The molecule has 1 N–H and O–H groups in total. The lowest BCUT2D eigenvalue weighted by Crippen LogP contribution is -2.20. The minimum Gasteiger partial charge on any atom is -0.494 e. The number of hydrogen-bond donors (Lipinski definition) is 1. The van der Waals surface area contributed by atoms with E-state index in [1.165, 1.54) is 45.3 Å². The zero-order chi connectivity index (χ0) is 19.4. The molecule has 0 radical (unpaired) electrons. The second kappa shape index (κ2) is 11.3. The normalized spacial score (nSPS) is 14.4. The predicted molar refractivity (Wildman–Crippen MR) is 116 cm³/mol. The van der Waals surface area contributed by atoms with Gasteiger partial charge in [0.25, 0.3) is 0 Å². The molecule has 1 amide bonds. The monoisotopic (exact) mass is 378 g/mol. The van der Waals surface area contributed by atoms with Crippen LogP contribution in [0.1, 0.15) is 37.7 Å². The van der Waals surface area contributed by atoms with Crippen molar-refractivity contribution in [2.24, 2.45) is 0 Å². The summed E-state index contributed by atoms with van der Waals surface area (Å²) in [6.07, 6.45) is 9.62. The van der Waals surface area contributed by atoms with Crippen molar-refractivity contribution < 1.29 is 9.53 Å². The van der Waals surface area contributed by atoms with Gasteiger partial charge in [0.2, 0.25) is 5.91 Å². The van der Waals surface area contributed by atoms with Gasteiger partial charge in [-0.2, -0.15) is 0 Å². The third-order valence-corrected chi connectivity index (χ3v) is 4.93. The largest absolute Gasteiger partial charge is 0.494 e. The van der Waals surface area contributed by atoms with Crippen LogP contribution < -0.4 is 10.1 Å². The minimum atomic E-state index is -0.143. The fourth-order valence-electron chi connectivity index (χ4n) is 3.36. The van der Waals surface area contributed by atoms with Crippen molar-refractivity contribution in [2.45, 2.75) is 32.1 Å². The highest BCUT2D eigenvalue weighted by molar-refractivity contribution is 6.01. The number of nitrogens with one attached hydrogen (secondary N) is 1. The number of benzene rings is 2. The average molecular weight is 379 g/mol. The van der Waals surface area contributed by atoms with E-state index in [4.69, 9.17) is 4.74 Å². The Labute approximate surface area is 168 Å². The predicted octanol–water partition coefficient (Wildman–Crippen LogP) is 4.98. The maximum absolute atomic E-state index is 12.0. The number of anilines is 1. The van der Waals surface area contributed by atoms with Gasteiger partial charge in [0.15, 0.2) is 0 Å². The van der Waals surface area contributed by atoms with Crippen molar-refractivity contribution in [1.82, 2.24) is 4.90 Å². The van der Waals surface area contributed by atoms with E-state index in [0.717, 1.165) is 30.0 Å². The van der Waals surface area contributed by atoms with Crippen molar-refractivity contribution >= 4 is 17.7 Å². The number of likely N-dealkylation sites (tertiary alicyclic amines) is 1. The summed E-state index contributed by atoms with van der Waals surface area (Å²) in [5, 5.41) is 2.86. The van der Waals surface area contributed by atoms with Gasteiger partial charge >= 0.3 is 0 Å². The second-order valence-electron chi connectivity index (χ2n) is 7.22. The fraction of sp³-hybridized carbons (Fsp3) is 0.375. The van der Waals surface area contributed by atoms with Crippen molar-refractivity contribution in [3.63, 3.8) is 0 Å².